The molecule has 0 aromatic heterocycles. The SMILES string of the molecule is CCCCOc1ccc(C(=O)Nc2ccc(Br)cc2)cc1. The molecule has 110 valence electrons. The van der Waals surface area contributed by atoms with Crippen LogP contribution in [0.3, 0.4) is 0 Å². The highest BCUT2D eigenvalue weighted by Gasteiger charge is 2.06. The van der Waals surface area contributed by atoms with Crippen LogP contribution in [0.4, 0.5) is 5.69 Å². The molecule has 0 saturated heterocycles. The average molecular weight is 348 g/mol. The minimum absolute atomic E-state index is 0.127. The predicted molar refractivity (Wildman–Crippen MR) is 88.9 cm³/mol. The van der Waals surface area contributed by atoms with E-state index in [-0.39, 0.29) is 5.91 Å². The summed E-state index contributed by atoms with van der Waals surface area (Å²) in [5, 5.41) is 2.86. The summed E-state index contributed by atoms with van der Waals surface area (Å²) in [5.74, 6) is 0.668. The number of carbonyl (C=O) groups is 1. The van der Waals surface area contributed by atoms with Crippen molar-refractivity contribution in [2.75, 3.05) is 11.9 Å². The molecule has 0 heterocycles. The standard InChI is InChI=1S/C17H18BrNO2/c1-2-3-12-21-16-10-4-13(5-11-16)17(20)19-15-8-6-14(18)7-9-15/h4-11H,2-3,12H2,1H3,(H,19,20). The zero-order valence-electron chi connectivity index (χ0n) is 11.9. The largest absolute Gasteiger partial charge is 0.494 e. The van der Waals surface area contributed by atoms with Crippen LogP contribution < -0.4 is 10.1 Å². The molecule has 4 heteroatoms. The molecule has 0 aliphatic carbocycles. The maximum atomic E-state index is 12.1. The van der Waals surface area contributed by atoms with Gasteiger partial charge in [0.25, 0.3) is 5.91 Å². The van der Waals surface area contributed by atoms with Crippen molar-refractivity contribution in [1.82, 2.24) is 0 Å². The molecule has 0 fully saturated rings. The van der Waals surface area contributed by atoms with Crippen LogP contribution in [0, 0.1) is 0 Å². The van der Waals surface area contributed by atoms with Crippen molar-refractivity contribution in [1.29, 1.82) is 0 Å². The Morgan fingerprint density at radius 2 is 1.76 bits per heavy atom. The molecule has 3 nitrogen and oxygen atoms in total. The minimum atomic E-state index is -0.127. The van der Waals surface area contributed by atoms with E-state index in [1.807, 2.05) is 36.4 Å². The summed E-state index contributed by atoms with van der Waals surface area (Å²) in [4.78, 5) is 12.1. The monoisotopic (exact) mass is 347 g/mol. The van der Waals surface area contributed by atoms with Crippen molar-refractivity contribution in [3.8, 4) is 5.75 Å². The molecule has 0 bridgehead atoms. The second-order valence-electron chi connectivity index (χ2n) is 4.69. The number of benzene rings is 2. The molecule has 0 atom stereocenters. The first-order chi connectivity index (χ1) is 10.2. The van der Waals surface area contributed by atoms with Crippen LogP contribution in [-0.2, 0) is 0 Å². The fourth-order valence-corrected chi connectivity index (χ4v) is 2.04. The second-order valence-corrected chi connectivity index (χ2v) is 5.60. The Bertz CT molecular complexity index is 579. The van der Waals surface area contributed by atoms with E-state index in [0.717, 1.165) is 28.8 Å². The highest BCUT2D eigenvalue weighted by molar-refractivity contribution is 9.10. The summed E-state index contributed by atoms with van der Waals surface area (Å²) >= 11 is 3.36. The summed E-state index contributed by atoms with van der Waals surface area (Å²) in [5.41, 5.74) is 1.38. The lowest BCUT2D eigenvalue weighted by molar-refractivity contribution is 0.102. The lowest BCUT2D eigenvalue weighted by atomic mass is 10.2. The van der Waals surface area contributed by atoms with E-state index in [2.05, 4.69) is 28.2 Å². The van der Waals surface area contributed by atoms with E-state index < -0.39 is 0 Å². The number of ether oxygens (including phenoxy) is 1. The van der Waals surface area contributed by atoms with Gasteiger partial charge in [0.05, 0.1) is 6.61 Å². The number of carbonyl (C=O) groups excluding carboxylic acids is 1. The molecular weight excluding hydrogens is 330 g/mol. The lowest BCUT2D eigenvalue weighted by Crippen LogP contribution is -2.11. The molecule has 2 rings (SSSR count). The highest BCUT2D eigenvalue weighted by Crippen LogP contribution is 2.17. The zero-order valence-corrected chi connectivity index (χ0v) is 13.5. The Balaban J connectivity index is 1.94. The van der Waals surface area contributed by atoms with Gasteiger partial charge in [-0.1, -0.05) is 29.3 Å². The first kappa shape index (κ1) is 15.6. The molecule has 2 aromatic rings. The Morgan fingerprint density at radius 1 is 1.10 bits per heavy atom. The van der Waals surface area contributed by atoms with E-state index >= 15 is 0 Å². The fourth-order valence-electron chi connectivity index (χ4n) is 1.77. The van der Waals surface area contributed by atoms with Gasteiger partial charge in [0, 0.05) is 15.7 Å². The summed E-state index contributed by atoms with van der Waals surface area (Å²) in [6.07, 6.45) is 2.14. The number of amides is 1. The molecule has 0 aliphatic heterocycles. The minimum Gasteiger partial charge on any atom is -0.494 e. The first-order valence-electron chi connectivity index (χ1n) is 6.99. The van der Waals surface area contributed by atoms with Crippen LogP contribution in [0.5, 0.6) is 5.75 Å². The Hall–Kier alpha value is -1.81. The van der Waals surface area contributed by atoms with Crippen molar-refractivity contribution in [2.45, 2.75) is 19.8 Å². The number of nitrogens with one attached hydrogen (secondary N) is 1. The summed E-state index contributed by atoms with van der Waals surface area (Å²) < 4.78 is 6.56. The van der Waals surface area contributed by atoms with Gasteiger partial charge in [-0.25, -0.2) is 0 Å². The molecule has 1 N–H and O–H groups in total. The van der Waals surface area contributed by atoms with Gasteiger partial charge in [0.15, 0.2) is 0 Å². The molecule has 0 saturated carbocycles. The first-order valence-corrected chi connectivity index (χ1v) is 7.78. The van der Waals surface area contributed by atoms with Crippen molar-refractivity contribution >= 4 is 27.5 Å². The highest BCUT2D eigenvalue weighted by atomic mass is 79.9. The summed E-state index contributed by atoms with van der Waals surface area (Å²) in [6.45, 7) is 2.83. The van der Waals surface area contributed by atoms with Gasteiger partial charge in [-0.15, -0.1) is 0 Å². The van der Waals surface area contributed by atoms with E-state index in [1.165, 1.54) is 0 Å². The number of hydrogen-bond acceptors (Lipinski definition) is 2. The lowest BCUT2D eigenvalue weighted by Gasteiger charge is -2.07. The third kappa shape index (κ3) is 4.90. The Labute approximate surface area is 133 Å². The number of unbranched alkanes of at least 4 members (excludes halogenated alkanes) is 1. The van der Waals surface area contributed by atoms with Gasteiger partial charge in [-0.2, -0.15) is 0 Å². The smallest absolute Gasteiger partial charge is 0.255 e. The van der Waals surface area contributed by atoms with Crippen LogP contribution in [0.25, 0.3) is 0 Å². The van der Waals surface area contributed by atoms with Crippen LogP contribution in [-0.4, -0.2) is 12.5 Å². The third-order valence-corrected chi connectivity index (χ3v) is 3.51. The number of halogens is 1. The van der Waals surface area contributed by atoms with E-state index in [4.69, 9.17) is 4.74 Å². The molecule has 2 aromatic carbocycles. The van der Waals surface area contributed by atoms with Crippen molar-refractivity contribution in [3.63, 3.8) is 0 Å². The van der Waals surface area contributed by atoms with E-state index in [9.17, 15) is 4.79 Å². The maximum Gasteiger partial charge on any atom is 0.255 e. The quantitative estimate of drug-likeness (QED) is 0.756. The second kappa shape index (κ2) is 7.84. The van der Waals surface area contributed by atoms with Crippen molar-refractivity contribution < 1.29 is 9.53 Å². The molecule has 0 radical (unpaired) electrons. The van der Waals surface area contributed by atoms with Crippen LogP contribution in [0.15, 0.2) is 53.0 Å². The molecule has 0 spiro atoms. The van der Waals surface area contributed by atoms with Gasteiger partial charge >= 0.3 is 0 Å². The molecule has 1 amide bonds. The predicted octanol–water partition coefficient (Wildman–Crippen LogP) is 4.88. The van der Waals surface area contributed by atoms with Crippen molar-refractivity contribution in [2.24, 2.45) is 0 Å². The summed E-state index contributed by atoms with van der Waals surface area (Å²) in [6, 6.07) is 14.7. The topological polar surface area (TPSA) is 38.3 Å². The normalized spacial score (nSPS) is 10.2. The maximum absolute atomic E-state index is 12.1. The molecule has 21 heavy (non-hydrogen) atoms. The Morgan fingerprint density at radius 3 is 2.38 bits per heavy atom. The van der Waals surface area contributed by atoms with E-state index in [0.29, 0.717) is 12.2 Å². The van der Waals surface area contributed by atoms with Gasteiger partial charge in [-0.05, 0) is 55.0 Å². The number of rotatable bonds is 6. The van der Waals surface area contributed by atoms with Crippen LogP contribution >= 0.6 is 15.9 Å². The molecule has 0 unspecified atom stereocenters. The third-order valence-electron chi connectivity index (χ3n) is 2.99. The number of anilines is 1. The van der Waals surface area contributed by atoms with Gasteiger partial charge in [0.1, 0.15) is 5.75 Å². The molecular formula is C17H18BrNO2. The van der Waals surface area contributed by atoms with Gasteiger partial charge in [-0.3, -0.25) is 4.79 Å². The van der Waals surface area contributed by atoms with Crippen molar-refractivity contribution in [3.05, 3.63) is 58.6 Å². The number of hydrogen-bond donors (Lipinski definition) is 1. The van der Waals surface area contributed by atoms with Crippen LogP contribution in [0.1, 0.15) is 30.1 Å². The average Bonchev–Trinajstić information content (AvgIpc) is 2.50. The van der Waals surface area contributed by atoms with Gasteiger partial charge in [0.2, 0.25) is 0 Å². The van der Waals surface area contributed by atoms with Gasteiger partial charge < -0.3 is 10.1 Å². The van der Waals surface area contributed by atoms with Crippen LogP contribution in [0.2, 0.25) is 0 Å². The fraction of sp³-hybridized carbons (Fsp3) is 0.235. The molecule has 0 aliphatic rings. The Kier molecular flexibility index (Phi) is 5.81. The summed E-state index contributed by atoms with van der Waals surface area (Å²) in [7, 11) is 0. The van der Waals surface area contributed by atoms with E-state index in [1.54, 1.807) is 12.1 Å². The zero-order chi connectivity index (χ0) is 15.1.